The summed E-state index contributed by atoms with van der Waals surface area (Å²) in [6.07, 6.45) is 0. The second-order valence-electron chi connectivity index (χ2n) is 3.84. The van der Waals surface area contributed by atoms with E-state index in [2.05, 4.69) is 20.7 Å². The van der Waals surface area contributed by atoms with Crippen molar-refractivity contribution >= 4 is 31.6 Å². The summed E-state index contributed by atoms with van der Waals surface area (Å²) in [5.41, 5.74) is 6.60. The second-order valence-corrected chi connectivity index (χ2v) is 6.38. The van der Waals surface area contributed by atoms with Gasteiger partial charge in [-0.05, 0) is 47.5 Å². The molecule has 0 aliphatic rings. The third-order valence-corrected chi connectivity index (χ3v) is 4.63. The molecule has 0 spiro atoms. The van der Waals surface area contributed by atoms with Crippen molar-refractivity contribution in [3.63, 3.8) is 0 Å². The van der Waals surface area contributed by atoms with Crippen molar-refractivity contribution in [2.75, 3.05) is 12.3 Å². The molecule has 1 atom stereocenters. The minimum Gasteiger partial charge on any atom is -0.398 e. The maximum atomic E-state index is 12.0. The third kappa shape index (κ3) is 3.41. The molecule has 0 bridgehead atoms. The highest BCUT2D eigenvalue weighted by Crippen LogP contribution is 2.26. The second kappa shape index (κ2) is 5.34. The van der Waals surface area contributed by atoms with Gasteiger partial charge in [-0.15, -0.1) is 0 Å². The van der Waals surface area contributed by atoms with Crippen molar-refractivity contribution in [2.45, 2.75) is 24.8 Å². The van der Waals surface area contributed by atoms with E-state index >= 15 is 0 Å². The number of sulfonamides is 1. The van der Waals surface area contributed by atoms with Crippen molar-refractivity contribution < 1.29 is 13.5 Å². The fourth-order valence-electron chi connectivity index (χ4n) is 1.32. The van der Waals surface area contributed by atoms with Gasteiger partial charge in [0.25, 0.3) is 0 Å². The van der Waals surface area contributed by atoms with E-state index in [1.54, 1.807) is 19.9 Å². The van der Waals surface area contributed by atoms with Crippen molar-refractivity contribution in [1.82, 2.24) is 4.72 Å². The van der Waals surface area contributed by atoms with Crippen LogP contribution in [0.15, 0.2) is 21.5 Å². The van der Waals surface area contributed by atoms with Crippen LogP contribution in [-0.2, 0) is 10.0 Å². The van der Waals surface area contributed by atoms with Crippen LogP contribution in [-0.4, -0.2) is 26.2 Å². The number of anilines is 1. The molecule has 0 saturated heterocycles. The number of nitrogen functional groups attached to an aromatic ring is 1. The average Bonchev–Trinajstić information content (AvgIpc) is 2.22. The number of nitrogens with two attached hydrogens (primary N) is 1. The Kier molecular flexibility index (Phi) is 4.54. The summed E-state index contributed by atoms with van der Waals surface area (Å²) in [5.74, 6) is 0. The molecule has 1 rings (SSSR count). The van der Waals surface area contributed by atoms with Crippen molar-refractivity contribution in [3.05, 3.63) is 22.2 Å². The SMILES string of the molecule is Cc1cc(Br)c(N)cc1S(=O)(=O)N[C@@H](C)CO. The van der Waals surface area contributed by atoms with Gasteiger partial charge >= 0.3 is 0 Å². The van der Waals surface area contributed by atoms with Crippen LogP contribution in [0.3, 0.4) is 0 Å². The van der Waals surface area contributed by atoms with Crippen LogP contribution >= 0.6 is 15.9 Å². The maximum absolute atomic E-state index is 12.0. The lowest BCUT2D eigenvalue weighted by molar-refractivity contribution is 0.265. The predicted octanol–water partition coefficient (Wildman–Crippen LogP) is 0.999. The van der Waals surface area contributed by atoms with Crippen LogP contribution in [0.4, 0.5) is 5.69 Å². The lowest BCUT2D eigenvalue weighted by Crippen LogP contribution is -2.35. The molecule has 0 unspecified atom stereocenters. The van der Waals surface area contributed by atoms with Crippen molar-refractivity contribution in [1.29, 1.82) is 0 Å². The van der Waals surface area contributed by atoms with Gasteiger partial charge in [-0.25, -0.2) is 13.1 Å². The molecule has 0 aliphatic carbocycles. The molecule has 0 aliphatic heterocycles. The molecular weight excluding hydrogens is 308 g/mol. The summed E-state index contributed by atoms with van der Waals surface area (Å²) in [5, 5.41) is 8.85. The van der Waals surface area contributed by atoms with E-state index in [1.807, 2.05) is 0 Å². The van der Waals surface area contributed by atoms with Gasteiger partial charge in [0.15, 0.2) is 0 Å². The standard InChI is InChI=1S/C10H15BrN2O3S/c1-6-3-8(11)9(12)4-10(6)17(15,16)13-7(2)5-14/h3-4,7,13-14H,5,12H2,1-2H3/t7-/m0/s1. The normalized spacial score (nSPS) is 13.6. The Bertz CT molecular complexity index is 517. The van der Waals surface area contributed by atoms with Gasteiger partial charge in [-0.3, -0.25) is 0 Å². The molecule has 0 amide bonds. The number of nitrogens with one attached hydrogen (secondary N) is 1. The van der Waals surface area contributed by atoms with E-state index in [1.165, 1.54) is 6.07 Å². The van der Waals surface area contributed by atoms with Crippen LogP contribution in [0.25, 0.3) is 0 Å². The van der Waals surface area contributed by atoms with Crippen LogP contribution < -0.4 is 10.5 Å². The lowest BCUT2D eigenvalue weighted by atomic mass is 10.2. The van der Waals surface area contributed by atoms with Gasteiger partial charge in [0.2, 0.25) is 10.0 Å². The Morgan fingerprint density at radius 1 is 1.53 bits per heavy atom. The Balaban J connectivity index is 3.20. The molecule has 5 nitrogen and oxygen atoms in total. The Labute approximate surface area is 109 Å². The number of benzene rings is 1. The largest absolute Gasteiger partial charge is 0.398 e. The highest BCUT2D eigenvalue weighted by molar-refractivity contribution is 9.10. The summed E-state index contributed by atoms with van der Waals surface area (Å²) in [6, 6.07) is 2.50. The molecule has 1 aromatic rings. The van der Waals surface area contributed by atoms with Gasteiger partial charge in [0.1, 0.15) is 0 Å². The first-order chi connectivity index (χ1) is 7.77. The monoisotopic (exact) mass is 322 g/mol. The van der Waals surface area contributed by atoms with Crippen LogP contribution in [0.2, 0.25) is 0 Å². The maximum Gasteiger partial charge on any atom is 0.241 e. The van der Waals surface area contributed by atoms with E-state index in [0.717, 1.165) is 0 Å². The Morgan fingerprint density at radius 2 is 2.12 bits per heavy atom. The molecule has 0 heterocycles. The molecule has 1 aromatic carbocycles. The van der Waals surface area contributed by atoms with E-state index in [9.17, 15) is 8.42 Å². The molecule has 0 fully saturated rings. The molecule has 4 N–H and O–H groups in total. The van der Waals surface area contributed by atoms with E-state index in [-0.39, 0.29) is 11.5 Å². The third-order valence-electron chi connectivity index (χ3n) is 2.21. The van der Waals surface area contributed by atoms with Gasteiger partial charge in [0.05, 0.1) is 11.5 Å². The van der Waals surface area contributed by atoms with Crippen LogP contribution in [0.1, 0.15) is 12.5 Å². The first-order valence-electron chi connectivity index (χ1n) is 4.96. The predicted molar refractivity (Wildman–Crippen MR) is 70.2 cm³/mol. The molecule has 0 radical (unpaired) electrons. The van der Waals surface area contributed by atoms with Crippen LogP contribution in [0, 0.1) is 6.92 Å². The number of hydrogen-bond acceptors (Lipinski definition) is 4. The van der Waals surface area contributed by atoms with Gasteiger partial charge < -0.3 is 10.8 Å². The number of aliphatic hydroxyl groups is 1. The van der Waals surface area contributed by atoms with Gasteiger partial charge in [-0.2, -0.15) is 0 Å². The summed E-state index contributed by atoms with van der Waals surface area (Å²) in [6.45, 7) is 3.00. The smallest absolute Gasteiger partial charge is 0.241 e. The molecule has 7 heteroatoms. The minimum absolute atomic E-state index is 0.124. The van der Waals surface area contributed by atoms with E-state index < -0.39 is 16.1 Å². The summed E-state index contributed by atoms with van der Waals surface area (Å²) in [4.78, 5) is 0.124. The Morgan fingerprint density at radius 3 is 2.65 bits per heavy atom. The lowest BCUT2D eigenvalue weighted by Gasteiger charge is -2.14. The fourth-order valence-corrected chi connectivity index (χ4v) is 3.28. The minimum atomic E-state index is -3.65. The quantitative estimate of drug-likeness (QED) is 0.721. The number of halogens is 1. The number of hydrogen-bond donors (Lipinski definition) is 3. The summed E-state index contributed by atoms with van der Waals surface area (Å²) in [7, 11) is -3.65. The van der Waals surface area contributed by atoms with Crippen molar-refractivity contribution in [3.8, 4) is 0 Å². The van der Waals surface area contributed by atoms with E-state index in [0.29, 0.717) is 15.7 Å². The molecule has 0 saturated carbocycles. The Hall–Kier alpha value is -0.630. The van der Waals surface area contributed by atoms with Gasteiger partial charge in [-0.1, -0.05) is 0 Å². The van der Waals surface area contributed by atoms with E-state index in [4.69, 9.17) is 10.8 Å². The van der Waals surface area contributed by atoms with Crippen LogP contribution in [0.5, 0.6) is 0 Å². The first kappa shape index (κ1) is 14.4. The van der Waals surface area contributed by atoms with Gasteiger partial charge in [0, 0.05) is 16.2 Å². The van der Waals surface area contributed by atoms with Crippen molar-refractivity contribution in [2.24, 2.45) is 0 Å². The molecule has 0 aromatic heterocycles. The number of rotatable bonds is 4. The molecular formula is C10H15BrN2O3S. The topological polar surface area (TPSA) is 92.4 Å². The molecule has 96 valence electrons. The zero-order valence-corrected chi connectivity index (χ0v) is 12.0. The zero-order chi connectivity index (χ0) is 13.2. The highest BCUT2D eigenvalue weighted by Gasteiger charge is 2.20. The zero-order valence-electron chi connectivity index (χ0n) is 9.57. The highest BCUT2D eigenvalue weighted by atomic mass is 79.9. The summed E-state index contributed by atoms with van der Waals surface area (Å²) < 4.78 is 27.0. The number of aliphatic hydroxyl groups excluding tert-OH is 1. The average molecular weight is 323 g/mol. The fraction of sp³-hybridized carbons (Fsp3) is 0.400. The molecule has 17 heavy (non-hydrogen) atoms. The summed E-state index contributed by atoms with van der Waals surface area (Å²) >= 11 is 3.23. The number of aryl methyl sites for hydroxylation is 1. The first-order valence-corrected chi connectivity index (χ1v) is 7.24.